The van der Waals surface area contributed by atoms with Crippen LogP contribution >= 0.6 is 0 Å². The molecule has 0 amide bonds. The van der Waals surface area contributed by atoms with E-state index in [0.29, 0.717) is 11.7 Å². The van der Waals surface area contributed by atoms with Crippen LogP contribution in [0.4, 0.5) is 10.2 Å². The molecular weight excluding hydrogens is 357 g/mol. The number of hydrogen-bond acceptors (Lipinski definition) is 5. The summed E-state index contributed by atoms with van der Waals surface area (Å²) in [6.07, 6.45) is 6.80. The first-order valence-corrected chi connectivity index (χ1v) is 9.16. The average molecular weight is 375 g/mol. The maximum absolute atomic E-state index is 13.4. The van der Waals surface area contributed by atoms with Crippen LogP contribution in [0.1, 0.15) is 17.8 Å². The quantitative estimate of drug-likeness (QED) is 0.576. The molecule has 6 nitrogen and oxygen atoms in total. The first kappa shape index (κ1) is 16.7. The van der Waals surface area contributed by atoms with Gasteiger partial charge in [0.25, 0.3) is 5.89 Å². The van der Waals surface area contributed by atoms with Gasteiger partial charge in [0, 0.05) is 41.9 Å². The van der Waals surface area contributed by atoms with Crippen LogP contribution < -0.4 is 4.90 Å². The summed E-state index contributed by atoms with van der Waals surface area (Å²) in [5.41, 5.74) is 4.03. The number of halogens is 1. The highest BCUT2D eigenvalue weighted by molar-refractivity contribution is 5.93. The van der Waals surface area contributed by atoms with Crippen molar-refractivity contribution in [3.63, 3.8) is 0 Å². The first-order chi connectivity index (χ1) is 13.7. The lowest BCUT2D eigenvalue weighted by Gasteiger charge is -2.28. The Morgan fingerprint density at radius 3 is 2.93 bits per heavy atom. The maximum atomic E-state index is 13.4. The molecule has 4 heterocycles. The maximum Gasteiger partial charge on any atom is 0.261 e. The van der Waals surface area contributed by atoms with Gasteiger partial charge in [-0.2, -0.15) is 4.98 Å². The number of aromatic nitrogens is 4. The highest BCUT2D eigenvalue weighted by Crippen LogP contribution is 2.33. The van der Waals surface area contributed by atoms with Gasteiger partial charge in [0.2, 0.25) is 0 Å². The van der Waals surface area contributed by atoms with E-state index in [1.807, 2.05) is 24.4 Å². The van der Waals surface area contributed by atoms with Crippen molar-refractivity contribution in [2.75, 3.05) is 18.0 Å². The Bertz CT molecular complexity index is 1190. The fourth-order valence-electron chi connectivity index (χ4n) is 3.69. The van der Waals surface area contributed by atoms with Crippen molar-refractivity contribution in [1.82, 2.24) is 20.1 Å². The Morgan fingerprint density at radius 1 is 1.21 bits per heavy atom. The van der Waals surface area contributed by atoms with Gasteiger partial charge < -0.3 is 14.4 Å². The zero-order valence-electron chi connectivity index (χ0n) is 15.3. The minimum Gasteiger partial charge on any atom is -0.360 e. The summed E-state index contributed by atoms with van der Waals surface area (Å²) in [6.45, 7) is 3.34. The predicted molar refractivity (Wildman–Crippen MR) is 105 cm³/mol. The van der Waals surface area contributed by atoms with Gasteiger partial charge in [-0.15, -0.1) is 0 Å². The van der Waals surface area contributed by atoms with Crippen molar-refractivity contribution in [3.8, 4) is 11.5 Å². The fraction of sp³-hybridized carbons (Fsp3) is 0.190. The highest BCUT2D eigenvalue weighted by Gasteiger charge is 2.21. The van der Waals surface area contributed by atoms with Gasteiger partial charge >= 0.3 is 0 Å². The Hall–Kier alpha value is -3.48. The summed E-state index contributed by atoms with van der Waals surface area (Å²) in [6, 6.07) is 8.68. The number of anilines is 1. The molecule has 0 fully saturated rings. The Morgan fingerprint density at radius 2 is 2.14 bits per heavy atom. The van der Waals surface area contributed by atoms with Gasteiger partial charge in [0.1, 0.15) is 11.6 Å². The van der Waals surface area contributed by atoms with Crippen LogP contribution in [0.3, 0.4) is 0 Å². The second-order valence-electron chi connectivity index (χ2n) is 6.84. The molecule has 0 bridgehead atoms. The molecule has 1 aliphatic heterocycles. The second kappa shape index (κ2) is 6.60. The van der Waals surface area contributed by atoms with Gasteiger partial charge in [-0.25, -0.2) is 9.37 Å². The molecule has 0 unspecified atom stereocenters. The Kier molecular flexibility index (Phi) is 3.93. The van der Waals surface area contributed by atoms with Crippen LogP contribution in [0.5, 0.6) is 0 Å². The van der Waals surface area contributed by atoms with Crippen molar-refractivity contribution < 1.29 is 8.91 Å². The third-order valence-corrected chi connectivity index (χ3v) is 5.04. The molecule has 5 rings (SSSR count). The van der Waals surface area contributed by atoms with E-state index in [0.717, 1.165) is 47.4 Å². The topological polar surface area (TPSA) is 70.8 Å². The van der Waals surface area contributed by atoms with E-state index in [2.05, 4.69) is 31.1 Å². The smallest absolute Gasteiger partial charge is 0.261 e. The summed E-state index contributed by atoms with van der Waals surface area (Å²) in [5.74, 6) is 1.68. The van der Waals surface area contributed by atoms with Gasteiger partial charge in [-0.05, 0) is 49.2 Å². The monoisotopic (exact) mass is 375 g/mol. The Labute approximate surface area is 160 Å². The summed E-state index contributed by atoms with van der Waals surface area (Å²) < 4.78 is 18.8. The fourth-order valence-corrected chi connectivity index (χ4v) is 3.69. The lowest BCUT2D eigenvalue weighted by molar-refractivity contribution is 0.425. The summed E-state index contributed by atoms with van der Waals surface area (Å²) in [7, 11) is 0. The van der Waals surface area contributed by atoms with Crippen molar-refractivity contribution in [2.24, 2.45) is 0 Å². The molecule has 1 N–H and O–H groups in total. The van der Waals surface area contributed by atoms with Gasteiger partial charge in [-0.3, -0.25) is 0 Å². The molecule has 1 aromatic carbocycles. The molecule has 140 valence electrons. The zero-order valence-corrected chi connectivity index (χ0v) is 15.3. The number of fused-ring (bicyclic) bond motifs is 1. The van der Waals surface area contributed by atoms with Crippen LogP contribution in [0.2, 0.25) is 0 Å². The van der Waals surface area contributed by atoms with E-state index in [9.17, 15) is 4.39 Å². The van der Waals surface area contributed by atoms with E-state index in [1.165, 1.54) is 17.7 Å². The molecule has 0 saturated heterocycles. The van der Waals surface area contributed by atoms with E-state index in [1.54, 1.807) is 13.1 Å². The number of hydrogen-bond donors (Lipinski definition) is 1. The molecule has 7 heteroatoms. The van der Waals surface area contributed by atoms with E-state index in [4.69, 9.17) is 4.52 Å². The van der Waals surface area contributed by atoms with Crippen LogP contribution in [-0.2, 0) is 0 Å². The number of nitrogens with one attached hydrogen (secondary N) is 1. The highest BCUT2D eigenvalue weighted by atomic mass is 19.1. The number of benzene rings is 1. The molecule has 3 aromatic heterocycles. The van der Waals surface area contributed by atoms with Crippen LogP contribution in [0, 0.1) is 12.7 Å². The molecular formula is C21H18FN5O. The largest absolute Gasteiger partial charge is 0.360 e. The predicted octanol–water partition coefficient (Wildman–Crippen LogP) is 4.35. The lowest BCUT2D eigenvalue weighted by atomic mass is 9.98. The first-order valence-electron chi connectivity index (χ1n) is 9.16. The number of nitrogens with zero attached hydrogens (tertiary/aromatic N) is 4. The van der Waals surface area contributed by atoms with Crippen molar-refractivity contribution in [1.29, 1.82) is 0 Å². The second-order valence-corrected chi connectivity index (χ2v) is 6.84. The van der Waals surface area contributed by atoms with Gasteiger partial charge in [0.05, 0.1) is 5.56 Å². The normalized spacial score (nSPS) is 14.5. The van der Waals surface area contributed by atoms with Crippen LogP contribution in [0.25, 0.3) is 27.9 Å². The summed E-state index contributed by atoms with van der Waals surface area (Å²) in [5, 5.41) is 4.93. The minimum absolute atomic E-state index is 0.233. The van der Waals surface area contributed by atoms with Crippen molar-refractivity contribution >= 4 is 22.3 Å². The minimum atomic E-state index is -0.233. The Balaban J connectivity index is 1.45. The van der Waals surface area contributed by atoms with E-state index in [-0.39, 0.29) is 5.82 Å². The van der Waals surface area contributed by atoms with Crippen LogP contribution in [-0.4, -0.2) is 33.2 Å². The molecule has 4 aromatic rings. The number of aryl methyl sites for hydroxylation is 1. The molecule has 0 spiro atoms. The molecule has 0 atom stereocenters. The number of aromatic amines is 1. The zero-order chi connectivity index (χ0) is 19.1. The number of rotatable bonds is 3. The number of H-pyrrole nitrogens is 1. The third kappa shape index (κ3) is 2.85. The molecule has 0 saturated carbocycles. The summed E-state index contributed by atoms with van der Waals surface area (Å²) in [4.78, 5) is 14.3. The van der Waals surface area contributed by atoms with Gasteiger partial charge in [-0.1, -0.05) is 11.2 Å². The SMILES string of the molecule is Cc1noc(-c2cccnc2N2CC=C(c3c[nH]c4cc(F)ccc34)CC2)n1. The third-order valence-electron chi connectivity index (χ3n) is 5.04. The average Bonchev–Trinajstić information content (AvgIpc) is 3.34. The van der Waals surface area contributed by atoms with E-state index >= 15 is 0 Å². The van der Waals surface area contributed by atoms with Crippen molar-refractivity contribution in [3.05, 3.63) is 66.0 Å². The lowest BCUT2D eigenvalue weighted by Crippen LogP contribution is -2.29. The number of pyridine rings is 1. The van der Waals surface area contributed by atoms with Crippen molar-refractivity contribution in [2.45, 2.75) is 13.3 Å². The molecule has 0 aliphatic carbocycles. The van der Waals surface area contributed by atoms with Gasteiger partial charge in [0.15, 0.2) is 5.82 Å². The standard InChI is InChI=1S/C21H18FN5O/c1-13-25-21(28-26-13)17-3-2-8-23-20(17)27-9-6-14(7-10-27)18-12-24-19-11-15(22)4-5-16(18)19/h2-6,8,11-12,24H,7,9-10H2,1H3. The molecule has 1 aliphatic rings. The summed E-state index contributed by atoms with van der Waals surface area (Å²) >= 11 is 0. The van der Waals surface area contributed by atoms with Crippen LogP contribution in [0.15, 0.2) is 53.3 Å². The molecule has 28 heavy (non-hydrogen) atoms. The molecule has 0 radical (unpaired) electrons. The van der Waals surface area contributed by atoms with E-state index < -0.39 is 0 Å².